The van der Waals surface area contributed by atoms with E-state index >= 15 is 0 Å². The van der Waals surface area contributed by atoms with Crippen LogP contribution in [0.2, 0.25) is 0 Å². The Bertz CT molecular complexity index is 194. The third-order valence-electron chi connectivity index (χ3n) is 1.83. The van der Waals surface area contributed by atoms with Crippen molar-refractivity contribution in [3.63, 3.8) is 0 Å². The molecule has 0 saturated carbocycles. The molecular weight excluding hydrogens is 157 g/mol. The van der Waals surface area contributed by atoms with Gasteiger partial charge in [0.05, 0.1) is 0 Å². The summed E-state index contributed by atoms with van der Waals surface area (Å²) in [6.45, 7) is 6.47. The summed E-state index contributed by atoms with van der Waals surface area (Å²) in [5, 5.41) is 0. The molecule has 0 amide bonds. The van der Waals surface area contributed by atoms with Crippen LogP contribution >= 0.6 is 0 Å². The number of nitrogens with zero attached hydrogens (tertiary/aromatic N) is 1. The van der Waals surface area contributed by atoms with Crippen molar-refractivity contribution in [2.75, 3.05) is 18.0 Å². The molecule has 2 heteroatoms. The predicted octanol–water partition coefficient (Wildman–Crippen LogP) is -0.663. The summed E-state index contributed by atoms with van der Waals surface area (Å²) >= 11 is 0. The van der Waals surface area contributed by atoms with Crippen LogP contribution < -0.4 is 34.5 Å². The maximum absolute atomic E-state index is 3.01. The molecule has 60 valence electrons. The van der Waals surface area contributed by atoms with Gasteiger partial charge in [-0.25, -0.2) is 0 Å². The molecule has 1 rings (SSSR count). The summed E-state index contributed by atoms with van der Waals surface area (Å²) in [7, 11) is 0. The number of hydrogen-bond acceptors (Lipinski definition) is 1. The monoisotopic (exact) mass is 171 g/mol. The largest absolute Gasteiger partial charge is 1.00 e. The Kier molecular flexibility index (Phi) is 6.54. The van der Waals surface area contributed by atoms with Crippen molar-refractivity contribution < 1.29 is 29.6 Å². The van der Waals surface area contributed by atoms with Gasteiger partial charge < -0.3 is 4.90 Å². The van der Waals surface area contributed by atoms with Crippen LogP contribution in [0.15, 0.2) is 24.3 Å². The van der Waals surface area contributed by atoms with Crippen molar-refractivity contribution in [1.82, 2.24) is 0 Å². The summed E-state index contributed by atoms with van der Waals surface area (Å²) in [5.41, 5.74) is 1.29. The smallest absolute Gasteiger partial charge is 0.394 e. The van der Waals surface area contributed by atoms with Crippen LogP contribution in [-0.4, -0.2) is 13.1 Å². The van der Waals surface area contributed by atoms with Crippen LogP contribution in [-0.2, 0) is 0 Å². The van der Waals surface area contributed by atoms with Gasteiger partial charge in [0.1, 0.15) is 0 Å². The molecule has 1 aromatic rings. The predicted molar refractivity (Wildman–Crippen MR) is 48.8 cm³/mol. The Morgan fingerprint density at radius 2 is 1.67 bits per heavy atom. The van der Waals surface area contributed by atoms with Gasteiger partial charge in [0.2, 0.25) is 0 Å². The van der Waals surface area contributed by atoms with E-state index in [1.807, 2.05) is 12.1 Å². The molecule has 1 aromatic carbocycles. The van der Waals surface area contributed by atoms with Gasteiger partial charge in [0, 0.05) is 13.1 Å². The van der Waals surface area contributed by atoms with E-state index < -0.39 is 0 Å². The van der Waals surface area contributed by atoms with Gasteiger partial charge in [0.15, 0.2) is 0 Å². The zero-order chi connectivity index (χ0) is 8.10. The Labute approximate surface area is 97.1 Å². The second kappa shape index (κ2) is 6.53. The molecule has 0 fully saturated rings. The fourth-order valence-corrected chi connectivity index (χ4v) is 1.18. The van der Waals surface area contributed by atoms with Crippen LogP contribution in [0, 0.1) is 6.07 Å². The fraction of sp³-hybridized carbons (Fsp3) is 0.400. The Balaban J connectivity index is 0.00000121. The Morgan fingerprint density at radius 3 is 2.08 bits per heavy atom. The minimum absolute atomic E-state index is 0. The molecule has 0 N–H and O–H groups in total. The van der Waals surface area contributed by atoms with Crippen LogP contribution in [0.5, 0.6) is 0 Å². The molecule has 1 nitrogen and oxygen atoms in total. The SMILES string of the molecule is CCN(CC)c1cc[c-]cc1.[Na+]. The van der Waals surface area contributed by atoms with Crippen molar-refractivity contribution in [2.24, 2.45) is 0 Å². The molecule has 0 aliphatic carbocycles. The Hall–Kier alpha value is 0.0200. The van der Waals surface area contributed by atoms with Crippen LogP contribution in [0.25, 0.3) is 0 Å². The molecule has 0 heterocycles. The summed E-state index contributed by atoms with van der Waals surface area (Å²) in [5.74, 6) is 0. The standard InChI is InChI=1S/C10H14N.Na/c1-3-11(4-2)10-8-6-5-7-9-10;/h6-9H,3-4H2,1-2H3;/q-1;+1. The second-order valence-corrected chi connectivity index (χ2v) is 2.43. The van der Waals surface area contributed by atoms with E-state index in [4.69, 9.17) is 0 Å². The van der Waals surface area contributed by atoms with Gasteiger partial charge in [-0.2, -0.15) is 18.2 Å². The molecule has 0 aliphatic heterocycles. The van der Waals surface area contributed by atoms with Gasteiger partial charge >= 0.3 is 29.6 Å². The first-order valence-corrected chi connectivity index (χ1v) is 4.09. The van der Waals surface area contributed by atoms with Gasteiger partial charge in [-0.05, 0) is 13.8 Å². The number of benzene rings is 1. The molecule has 0 aliphatic rings. The number of hydrogen-bond donors (Lipinski definition) is 0. The van der Waals surface area contributed by atoms with E-state index in [0.717, 1.165) is 13.1 Å². The first-order chi connectivity index (χ1) is 5.38. The van der Waals surface area contributed by atoms with Crippen molar-refractivity contribution >= 4 is 5.69 Å². The van der Waals surface area contributed by atoms with Crippen molar-refractivity contribution in [2.45, 2.75) is 13.8 Å². The van der Waals surface area contributed by atoms with E-state index in [0.29, 0.717) is 0 Å². The molecule has 0 aromatic heterocycles. The molecule has 0 unspecified atom stereocenters. The van der Waals surface area contributed by atoms with E-state index in [-0.39, 0.29) is 29.6 Å². The first kappa shape index (κ1) is 12.0. The zero-order valence-corrected chi connectivity index (χ0v) is 10.2. The van der Waals surface area contributed by atoms with Crippen LogP contribution in [0.4, 0.5) is 5.69 Å². The minimum atomic E-state index is 0. The number of rotatable bonds is 3. The Morgan fingerprint density at radius 1 is 1.17 bits per heavy atom. The topological polar surface area (TPSA) is 3.24 Å². The summed E-state index contributed by atoms with van der Waals surface area (Å²) in [6, 6.07) is 11.1. The molecule has 0 atom stereocenters. The van der Waals surface area contributed by atoms with E-state index in [2.05, 4.69) is 36.9 Å². The zero-order valence-electron chi connectivity index (χ0n) is 8.17. The molecule has 12 heavy (non-hydrogen) atoms. The molecule has 0 bridgehead atoms. The van der Waals surface area contributed by atoms with Gasteiger partial charge in [-0.15, -0.1) is 12.1 Å². The summed E-state index contributed by atoms with van der Waals surface area (Å²) in [6.07, 6.45) is 0. The molecule has 0 radical (unpaired) electrons. The fourth-order valence-electron chi connectivity index (χ4n) is 1.18. The maximum atomic E-state index is 3.01. The van der Waals surface area contributed by atoms with Gasteiger partial charge in [-0.1, -0.05) is 5.69 Å². The molecule has 0 saturated heterocycles. The van der Waals surface area contributed by atoms with E-state index in [9.17, 15) is 0 Å². The maximum Gasteiger partial charge on any atom is 1.00 e. The van der Waals surface area contributed by atoms with E-state index in [1.165, 1.54) is 5.69 Å². The van der Waals surface area contributed by atoms with Crippen LogP contribution in [0.1, 0.15) is 13.8 Å². The van der Waals surface area contributed by atoms with Crippen molar-refractivity contribution in [1.29, 1.82) is 0 Å². The van der Waals surface area contributed by atoms with Gasteiger partial charge in [-0.3, -0.25) is 0 Å². The summed E-state index contributed by atoms with van der Waals surface area (Å²) in [4.78, 5) is 2.31. The third kappa shape index (κ3) is 3.18. The normalized spacial score (nSPS) is 8.83. The van der Waals surface area contributed by atoms with Gasteiger partial charge in [0.25, 0.3) is 0 Å². The van der Waals surface area contributed by atoms with Crippen LogP contribution in [0.3, 0.4) is 0 Å². The molecule has 0 spiro atoms. The van der Waals surface area contributed by atoms with Crippen molar-refractivity contribution in [3.05, 3.63) is 30.3 Å². The summed E-state index contributed by atoms with van der Waals surface area (Å²) < 4.78 is 0. The average molecular weight is 171 g/mol. The first-order valence-electron chi connectivity index (χ1n) is 4.09. The second-order valence-electron chi connectivity index (χ2n) is 2.43. The quantitative estimate of drug-likeness (QED) is 0.431. The van der Waals surface area contributed by atoms with E-state index in [1.54, 1.807) is 0 Å². The average Bonchev–Trinajstić information content (AvgIpc) is 2.09. The number of anilines is 1. The van der Waals surface area contributed by atoms with Crippen molar-refractivity contribution in [3.8, 4) is 0 Å². The molecular formula is C10H14NNa. The third-order valence-corrected chi connectivity index (χ3v) is 1.83. The minimum Gasteiger partial charge on any atom is -0.394 e.